The van der Waals surface area contributed by atoms with E-state index in [1.54, 1.807) is 0 Å². The number of nitrogen functional groups attached to an aromatic ring is 1. The smallest absolute Gasteiger partial charge is 0.0602 e. The molecule has 0 aromatic heterocycles. The van der Waals surface area contributed by atoms with E-state index in [9.17, 15) is 0 Å². The fourth-order valence-electron chi connectivity index (χ4n) is 3.87. The number of nitrogens with zero attached hydrogens (tertiary/aromatic N) is 2. The molecule has 0 bridgehead atoms. The van der Waals surface area contributed by atoms with Gasteiger partial charge in [-0.15, -0.1) is 0 Å². The average Bonchev–Trinajstić information content (AvgIpc) is 2.69. The summed E-state index contributed by atoms with van der Waals surface area (Å²) in [5.41, 5.74) is 9.25. The van der Waals surface area contributed by atoms with Gasteiger partial charge in [0.25, 0.3) is 0 Å². The molecule has 0 radical (unpaired) electrons. The van der Waals surface area contributed by atoms with Crippen LogP contribution in [0.5, 0.6) is 0 Å². The number of anilines is 2. The van der Waals surface area contributed by atoms with Crippen molar-refractivity contribution in [1.82, 2.24) is 5.01 Å². The number of rotatable bonds is 4. The Morgan fingerprint density at radius 2 is 1.52 bits per heavy atom. The molecule has 27 heavy (non-hydrogen) atoms. The summed E-state index contributed by atoms with van der Waals surface area (Å²) in [5.74, 6) is 0. The highest BCUT2D eigenvalue weighted by atomic mass is 35.5. The molecule has 1 fully saturated rings. The van der Waals surface area contributed by atoms with Crippen LogP contribution in [0.15, 0.2) is 54.6 Å². The lowest BCUT2D eigenvalue weighted by atomic mass is 10.1. The standard InChI is InChI=1S/C22H23Cl2N3/c23-19-8-5-9-20(24)18(19)12-15-26-13-3-4-14-27(26)22-11-10-21(25)16-6-1-2-7-17(16)22/h1-2,5-11H,3-4,12-15,25H2. The van der Waals surface area contributed by atoms with Crippen molar-refractivity contribution in [2.75, 3.05) is 30.4 Å². The molecule has 3 nitrogen and oxygen atoms in total. The van der Waals surface area contributed by atoms with E-state index >= 15 is 0 Å². The number of fused-ring (bicyclic) bond motifs is 1. The van der Waals surface area contributed by atoms with Crippen LogP contribution in [0.1, 0.15) is 18.4 Å². The Labute approximate surface area is 170 Å². The molecule has 0 aliphatic carbocycles. The van der Waals surface area contributed by atoms with Gasteiger partial charge in [-0.05, 0) is 49.1 Å². The van der Waals surface area contributed by atoms with Crippen molar-refractivity contribution in [2.24, 2.45) is 0 Å². The second kappa shape index (κ2) is 7.97. The molecule has 2 N–H and O–H groups in total. The van der Waals surface area contributed by atoms with Crippen molar-refractivity contribution >= 4 is 45.3 Å². The second-order valence-corrected chi connectivity index (χ2v) is 7.77. The van der Waals surface area contributed by atoms with E-state index in [4.69, 9.17) is 28.9 Å². The van der Waals surface area contributed by atoms with Crippen molar-refractivity contribution in [1.29, 1.82) is 0 Å². The van der Waals surface area contributed by atoms with Crippen LogP contribution >= 0.6 is 23.2 Å². The van der Waals surface area contributed by atoms with Crippen LogP contribution in [0.4, 0.5) is 11.4 Å². The number of hydrazine groups is 1. The highest BCUT2D eigenvalue weighted by Gasteiger charge is 2.22. The van der Waals surface area contributed by atoms with Gasteiger partial charge in [0.05, 0.1) is 5.69 Å². The summed E-state index contributed by atoms with van der Waals surface area (Å²) in [7, 11) is 0. The monoisotopic (exact) mass is 399 g/mol. The Balaban J connectivity index is 1.63. The minimum Gasteiger partial charge on any atom is -0.398 e. The third kappa shape index (κ3) is 3.73. The van der Waals surface area contributed by atoms with Gasteiger partial charge >= 0.3 is 0 Å². The predicted octanol–water partition coefficient (Wildman–Crippen LogP) is 5.79. The molecule has 0 unspecified atom stereocenters. The van der Waals surface area contributed by atoms with Gasteiger partial charge in [-0.1, -0.05) is 53.5 Å². The quantitative estimate of drug-likeness (QED) is 0.563. The molecule has 4 rings (SSSR count). The summed E-state index contributed by atoms with van der Waals surface area (Å²) in [6, 6.07) is 18.2. The summed E-state index contributed by atoms with van der Waals surface area (Å²) in [5, 5.41) is 8.60. The zero-order valence-corrected chi connectivity index (χ0v) is 16.7. The maximum Gasteiger partial charge on any atom is 0.0602 e. The van der Waals surface area contributed by atoms with Crippen molar-refractivity contribution < 1.29 is 0 Å². The summed E-state index contributed by atoms with van der Waals surface area (Å²) < 4.78 is 0. The molecule has 140 valence electrons. The van der Waals surface area contributed by atoms with Crippen molar-refractivity contribution in [3.8, 4) is 0 Å². The highest BCUT2D eigenvalue weighted by Crippen LogP contribution is 2.33. The first-order valence-electron chi connectivity index (χ1n) is 9.37. The molecule has 3 aromatic rings. The maximum absolute atomic E-state index is 6.37. The molecule has 0 atom stereocenters. The maximum atomic E-state index is 6.37. The van der Waals surface area contributed by atoms with Crippen LogP contribution in [-0.4, -0.2) is 24.6 Å². The lowest BCUT2D eigenvalue weighted by molar-refractivity contribution is 0.215. The van der Waals surface area contributed by atoms with Gasteiger partial charge < -0.3 is 10.7 Å². The van der Waals surface area contributed by atoms with E-state index in [1.165, 1.54) is 23.9 Å². The summed E-state index contributed by atoms with van der Waals surface area (Å²) >= 11 is 12.7. The lowest BCUT2D eigenvalue weighted by Crippen LogP contribution is -2.48. The van der Waals surface area contributed by atoms with E-state index in [1.807, 2.05) is 30.3 Å². The van der Waals surface area contributed by atoms with Gasteiger partial charge in [0.1, 0.15) is 0 Å². The largest absolute Gasteiger partial charge is 0.398 e. The molecular weight excluding hydrogens is 377 g/mol. The number of halogens is 2. The van der Waals surface area contributed by atoms with Crippen LogP contribution in [0.25, 0.3) is 10.8 Å². The zero-order chi connectivity index (χ0) is 18.8. The van der Waals surface area contributed by atoms with Crippen LogP contribution in [0.3, 0.4) is 0 Å². The van der Waals surface area contributed by atoms with E-state index < -0.39 is 0 Å². The molecule has 1 heterocycles. The second-order valence-electron chi connectivity index (χ2n) is 6.95. The molecule has 0 spiro atoms. The number of hydrogen-bond donors (Lipinski definition) is 1. The van der Waals surface area contributed by atoms with Gasteiger partial charge in [0, 0.05) is 46.1 Å². The minimum atomic E-state index is 0.740. The van der Waals surface area contributed by atoms with Crippen LogP contribution in [0, 0.1) is 0 Å². The molecule has 5 heteroatoms. The molecule has 0 saturated carbocycles. The fraction of sp³-hybridized carbons (Fsp3) is 0.273. The SMILES string of the molecule is Nc1ccc(N2CCCCN2CCc2c(Cl)cccc2Cl)c2ccccc12. The number of benzene rings is 3. The average molecular weight is 400 g/mol. The summed E-state index contributed by atoms with van der Waals surface area (Å²) in [6.07, 6.45) is 3.20. The Hall–Kier alpha value is -1.94. The van der Waals surface area contributed by atoms with Gasteiger partial charge in [-0.25, -0.2) is 5.01 Å². The van der Waals surface area contributed by atoms with E-state index in [0.29, 0.717) is 0 Å². The molecule has 1 aliphatic heterocycles. The topological polar surface area (TPSA) is 32.5 Å². The number of nitrogens with two attached hydrogens (primary N) is 1. The van der Waals surface area contributed by atoms with Crippen LogP contribution in [0.2, 0.25) is 10.0 Å². The van der Waals surface area contributed by atoms with Crippen LogP contribution < -0.4 is 10.7 Å². The third-order valence-electron chi connectivity index (χ3n) is 5.27. The van der Waals surface area contributed by atoms with E-state index in [0.717, 1.165) is 52.7 Å². The van der Waals surface area contributed by atoms with Crippen molar-refractivity contribution in [2.45, 2.75) is 19.3 Å². The summed E-state index contributed by atoms with van der Waals surface area (Å²) in [6.45, 7) is 2.91. The predicted molar refractivity (Wildman–Crippen MR) is 117 cm³/mol. The van der Waals surface area contributed by atoms with E-state index in [2.05, 4.69) is 34.3 Å². The molecule has 3 aromatic carbocycles. The highest BCUT2D eigenvalue weighted by molar-refractivity contribution is 6.36. The molecule has 1 saturated heterocycles. The van der Waals surface area contributed by atoms with Crippen molar-refractivity contribution in [3.63, 3.8) is 0 Å². The Bertz CT molecular complexity index is 937. The van der Waals surface area contributed by atoms with Gasteiger partial charge in [-0.2, -0.15) is 0 Å². The third-order valence-corrected chi connectivity index (χ3v) is 5.98. The van der Waals surface area contributed by atoms with Gasteiger partial charge in [0.2, 0.25) is 0 Å². The lowest BCUT2D eigenvalue weighted by Gasteiger charge is -2.41. The first kappa shape index (κ1) is 18.4. The Kier molecular flexibility index (Phi) is 5.44. The first-order chi connectivity index (χ1) is 13.1. The normalized spacial score (nSPS) is 15.4. The molecule has 0 amide bonds. The fourth-order valence-corrected chi connectivity index (χ4v) is 4.45. The van der Waals surface area contributed by atoms with Crippen molar-refractivity contribution in [3.05, 3.63) is 70.2 Å². The zero-order valence-electron chi connectivity index (χ0n) is 15.2. The Morgan fingerprint density at radius 3 is 2.30 bits per heavy atom. The molecule has 1 aliphatic rings. The molecular formula is C22H23Cl2N3. The first-order valence-corrected chi connectivity index (χ1v) is 10.1. The van der Waals surface area contributed by atoms with E-state index in [-0.39, 0.29) is 0 Å². The summed E-state index contributed by atoms with van der Waals surface area (Å²) in [4.78, 5) is 0. The van der Waals surface area contributed by atoms with Gasteiger partial charge in [0.15, 0.2) is 0 Å². The Morgan fingerprint density at radius 1 is 0.815 bits per heavy atom. The van der Waals surface area contributed by atoms with Gasteiger partial charge in [-0.3, -0.25) is 0 Å². The van der Waals surface area contributed by atoms with Crippen LogP contribution in [-0.2, 0) is 6.42 Å². The minimum absolute atomic E-state index is 0.740. The number of hydrogen-bond acceptors (Lipinski definition) is 3.